The fourth-order valence-corrected chi connectivity index (χ4v) is 3.69. The molecule has 1 aromatic heterocycles. The number of anilines is 1. The van der Waals surface area contributed by atoms with Crippen molar-refractivity contribution in [3.8, 4) is 16.9 Å². The fraction of sp³-hybridized carbons (Fsp3) is 0.273. The highest BCUT2D eigenvalue weighted by Crippen LogP contribution is 2.34. The molecule has 4 rings (SSSR count). The highest BCUT2D eigenvalue weighted by Gasteiger charge is 2.31. The van der Waals surface area contributed by atoms with Gasteiger partial charge < -0.3 is 9.64 Å². The summed E-state index contributed by atoms with van der Waals surface area (Å²) in [5, 5.41) is 6.81. The van der Waals surface area contributed by atoms with Crippen LogP contribution in [0.25, 0.3) is 11.1 Å². The van der Waals surface area contributed by atoms with Gasteiger partial charge in [0.15, 0.2) is 0 Å². The van der Waals surface area contributed by atoms with E-state index in [9.17, 15) is 4.79 Å². The van der Waals surface area contributed by atoms with Crippen LogP contribution < -0.4 is 9.64 Å². The largest absolute Gasteiger partial charge is 0.496 e. The Morgan fingerprint density at radius 1 is 1.18 bits per heavy atom. The molecule has 0 saturated carbocycles. The molecule has 1 fully saturated rings. The van der Waals surface area contributed by atoms with Crippen LogP contribution in [0.1, 0.15) is 18.4 Å². The zero-order valence-corrected chi connectivity index (χ0v) is 16.1. The quantitative estimate of drug-likeness (QED) is 0.704. The van der Waals surface area contributed by atoms with E-state index in [1.165, 1.54) is 5.56 Å². The minimum atomic E-state index is 0.0425. The van der Waals surface area contributed by atoms with Crippen LogP contribution in [0.15, 0.2) is 60.9 Å². The smallest absolute Gasteiger partial charge is 0.324 e. The third-order valence-corrected chi connectivity index (χ3v) is 5.26. The van der Waals surface area contributed by atoms with Gasteiger partial charge in [-0.3, -0.25) is 10.00 Å². The molecule has 0 bridgehead atoms. The van der Waals surface area contributed by atoms with E-state index in [4.69, 9.17) is 4.74 Å². The predicted molar refractivity (Wildman–Crippen MR) is 110 cm³/mol. The normalized spacial score (nSPS) is 15.1. The highest BCUT2D eigenvalue weighted by atomic mass is 16.5. The lowest BCUT2D eigenvalue weighted by Gasteiger charge is -2.22. The number of carbonyl (C=O) groups is 1. The number of methoxy groups -OCH3 is 1. The average Bonchev–Trinajstić information content (AvgIpc) is 3.39. The van der Waals surface area contributed by atoms with Gasteiger partial charge in [0.25, 0.3) is 0 Å². The monoisotopic (exact) mass is 376 g/mol. The lowest BCUT2D eigenvalue weighted by Crippen LogP contribution is -2.34. The molecule has 2 amide bonds. The summed E-state index contributed by atoms with van der Waals surface area (Å²) >= 11 is 0. The average molecular weight is 376 g/mol. The maximum absolute atomic E-state index is 13.0. The van der Waals surface area contributed by atoms with Crippen molar-refractivity contribution in [3.63, 3.8) is 0 Å². The van der Waals surface area contributed by atoms with Crippen LogP contribution >= 0.6 is 0 Å². The molecule has 144 valence electrons. The Kier molecular flexibility index (Phi) is 5.02. The van der Waals surface area contributed by atoms with Gasteiger partial charge in [-0.25, -0.2) is 4.79 Å². The minimum absolute atomic E-state index is 0.0425. The van der Waals surface area contributed by atoms with Crippen LogP contribution in [0.2, 0.25) is 0 Å². The molecule has 3 aromatic rings. The second kappa shape index (κ2) is 7.76. The number of benzene rings is 2. The third kappa shape index (κ3) is 3.45. The van der Waals surface area contributed by atoms with Gasteiger partial charge in [0.05, 0.1) is 13.3 Å². The van der Waals surface area contributed by atoms with Gasteiger partial charge in [-0.15, -0.1) is 0 Å². The number of ether oxygens (including phenoxy) is 1. The van der Waals surface area contributed by atoms with Gasteiger partial charge >= 0.3 is 6.03 Å². The second-order valence-electron chi connectivity index (χ2n) is 7.06. The molecule has 2 heterocycles. The van der Waals surface area contributed by atoms with Gasteiger partial charge in [0.2, 0.25) is 0 Å². The van der Waals surface area contributed by atoms with Gasteiger partial charge in [0.1, 0.15) is 5.75 Å². The zero-order chi connectivity index (χ0) is 19.5. The van der Waals surface area contributed by atoms with E-state index in [0.717, 1.165) is 29.1 Å². The summed E-state index contributed by atoms with van der Waals surface area (Å²) in [5.74, 6) is 1.02. The Hall–Kier alpha value is -3.28. The number of amides is 2. The second-order valence-corrected chi connectivity index (χ2v) is 7.06. The molecular formula is C22H24N4O2. The predicted octanol–water partition coefficient (Wildman–Crippen LogP) is 4.13. The summed E-state index contributed by atoms with van der Waals surface area (Å²) in [5.41, 5.74) is 4.00. The Balaban J connectivity index is 1.50. The van der Waals surface area contributed by atoms with Crippen LogP contribution in [0, 0.1) is 0 Å². The number of nitrogens with one attached hydrogen (secondary N) is 1. The standard InChI is InChI=1S/C22H24N4O2/c1-16(17-6-4-3-5-7-17)15-25-10-11-26(22(25)27)19-8-9-20(21(12-19)28-2)18-13-23-24-14-18/h3-9,12-14,16H,10-11,15H2,1-2H3,(H,23,24)/t16-/m0/s1. The lowest BCUT2D eigenvalue weighted by molar-refractivity contribution is 0.218. The summed E-state index contributed by atoms with van der Waals surface area (Å²) in [6, 6.07) is 16.2. The van der Waals surface area contributed by atoms with E-state index in [2.05, 4.69) is 29.3 Å². The first-order valence-electron chi connectivity index (χ1n) is 9.46. The van der Waals surface area contributed by atoms with Crippen molar-refractivity contribution < 1.29 is 9.53 Å². The van der Waals surface area contributed by atoms with E-state index >= 15 is 0 Å². The Morgan fingerprint density at radius 2 is 2.00 bits per heavy atom. The summed E-state index contributed by atoms with van der Waals surface area (Å²) < 4.78 is 5.56. The topological polar surface area (TPSA) is 61.5 Å². The molecule has 0 radical (unpaired) electrons. The van der Waals surface area contributed by atoms with Gasteiger partial charge in [0, 0.05) is 48.7 Å². The van der Waals surface area contributed by atoms with Crippen molar-refractivity contribution in [2.75, 3.05) is 31.6 Å². The number of carbonyl (C=O) groups excluding carboxylic acids is 1. The number of urea groups is 1. The molecule has 1 atom stereocenters. The molecule has 1 aliphatic heterocycles. The van der Waals surface area contributed by atoms with Crippen molar-refractivity contribution >= 4 is 11.7 Å². The SMILES string of the molecule is COc1cc(N2CCN(C[C@H](C)c3ccccc3)C2=O)ccc1-c1cn[nH]c1. The first-order valence-corrected chi connectivity index (χ1v) is 9.46. The molecule has 0 spiro atoms. The number of hydrogen-bond acceptors (Lipinski definition) is 3. The van der Waals surface area contributed by atoms with Crippen molar-refractivity contribution in [3.05, 3.63) is 66.5 Å². The summed E-state index contributed by atoms with van der Waals surface area (Å²) in [7, 11) is 1.64. The van der Waals surface area contributed by atoms with Crippen molar-refractivity contribution in [2.24, 2.45) is 0 Å². The molecule has 0 unspecified atom stereocenters. The molecule has 1 aliphatic rings. The highest BCUT2D eigenvalue weighted by molar-refractivity contribution is 5.95. The van der Waals surface area contributed by atoms with Crippen LogP contribution in [0.5, 0.6) is 5.75 Å². The lowest BCUT2D eigenvalue weighted by atomic mass is 10.0. The van der Waals surface area contributed by atoms with E-state index in [1.807, 2.05) is 52.4 Å². The number of hydrogen-bond donors (Lipinski definition) is 1. The fourth-order valence-electron chi connectivity index (χ4n) is 3.69. The number of rotatable bonds is 6. The molecule has 1 saturated heterocycles. The van der Waals surface area contributed by atoms with Crippen LogP contribution in [0.4, 0.5) is 10.5 Å². The van der Waals surface area contributed by atoms with Crippen molar-refractivity contribution in [1.82, 2.24) is 15.1 Å². The molecule has 1 N–H and O–H groups in total. The van der Waals surface area contributed by atoms with Crippen molar-refractivity contribution in [2.45, 2.75) is 12.8 Å². The number of H-pyrrole nitrogens is 1. The Labute approximate surface area is 164 Å². The van der Waals surface area contributed by atoms with E-state index in [1.54, 1.807) is 13.3 Å². The minimum Gasteiger partial charge on any atom is -0.496 e. The molecule has 6 nitrogen and oxygen atoms in total. The third-order valence-electron chi connectivity index (χ3n) is 5.26. The number of nitrogens with zero attached hydrogens (tertiary/aromatic N) is 3. The molecular weight excluding hydrogens is 352 g/mol. The van der Waals surface area contributed by atoms with Crippen molar-refractivity contribution in [1.29, 1.82) is 0 Å². The van der Waals surface area contributed by atoms with Gasteiger partial charge in [-0.1, -0.05) is 37.3 Å². The molecule has 28 heavy (non-hydrogen) atoms. The number of aromatic amines is 1. The molecule has 0 aliphatic carbocycles. The van der Waals surface area contributed by atoms with Crippen LogP contribution in [-0.2, 0) is 0 Å². The maximum Gasteiger partial charge on any atom is 0.324 e. The first-order chi connectivity index (χ1) is 13.7. The van der Waals surface area contributed by atoms with Gasteiger partial charge in [-0.05, 0) is 23.6 Å². The Morgan fingerprint density at radius 3 is 2.71 bits per heavy atom. The number of aromatic nitrogens is 2. The Bertz CT molecular complexity index is 940. The summed E-state index contributed by atoms with van der Waals surface area (Å²) in [4.78, 5) is 16.7. The maximum atomic E-state index is 13.0. The molecule has 6 heteroatoms. The van der Waals surface area contributed by atoms with E-state index in [-0.39, 0.29) is 6.03 Å². The van der Waals surface area contributed by atoms with E-state index in [0.29, 0.717) is 19.0 Å². The summed E-state index contributed by atoms with van der Waals surface area (Å²) in [6.07, 6.45) is 3.58. The van der Waals surface area contributed by atoms with E-state index < -0.39 is 0 Å². The first kappa shape index (κ1) is 18.1. The zero-order valence-electron chi connectivity index (χ0n) is 16.1. The van der Waals surface area contributed by atoms with Crippen LogP contribution in [0.3, 0.4) is 0 Å². The van der Waals surface area contributed by atoms with Crippen LogP contribution in [-0.4, -0.2) is 47.9 Å². The molecule has 2 aromatic carbocycles. The van der Waals surface area contributed by atoms with Gasteiger partial charge in [-0.2, -0.15) is 5.10 Å². The summed E-state index contributed by atoms with van der Waals surface area (Å²) in [6.45, 7) is 4.27.